The van der Waals surface area contributed by atoms with Crippen LogP contribution in [0.3, 0.4) is 0 Å². The van der Waals surface area contributed by atoms with Crippen LogP contribution in [0.4, 0.5) is 4.39 Å². The van der Waals surface area contributed by atoms with Crippen molar-refractivity contribution in [2.24, 2.45) is 0 Å². The van der Waals surface area contributed by atoms with Crippen LogP contribution in [0.25, 0.3) is 0 Å². The van der Waals surface area contributed by atoms with Crippen molar-refractivity contribution in [3.05, 3.63) is 130 Å². The van der Waals surface area contributed by atoms with Crippen molar-refractivity contribution in [3.63, 3.8) is 0 Å². The van der Waals surface area contributed by atoms with Gasteiger partial charge in [-0.05, 0) is 58.7 Å². The summed E-state index contributed by atoms with van der Waals surface area (Å²) in [5.74, 6) is 0.392. The van der Waals surface area contributed by atoms with E-state index in [0.717, 1.165) is 16.7 Å². The topological polar surface area (TPSA) is 67.9 Å². The summed E-state index contributed by atoms with van der Waals surface area (Å²) >= 11 is 6.04. The van der Waals surface area contributed by atoms with Crippen molar-refractivity contribution < 1.29 is 23.5 Å². The molecule has 0 radical (unpaired) electrons. The van der Waals surface area contributed by atoms with Crippen molar-refractivity contribution in [2.75, 3.05) is 6.79 Å². The number of nitrogens with zero attached hydrogens (tertiary/aromatic N) is 1. The lowest BCUT2D eigenvalue weighted by Gasteiger charge is -2.32. The van der Waals surface area contributed by atoms with Crippen LogP contribution < -0.4 is 14.8 Å². The maximum atomic E-state index is 13.8. The fraction of sp³-hybridized carbons (Fsp3) is 0.188. The highest BCUT2D eigenvalue weighted by Gasteiger charge is 2.30. The van der Waals surface area contributed by atoms with Gasteiger partial charge in [0.2, 0.25) is 18.6 Å². The molecule has 0 unspecified atom stereocenters. The second-order valence-corrected chi connectivity index (χ2v) is 10.00. The van der Waals surface area contributed by atoms with Crippen molar-refractivity contribution in [3.8, 4) is 11.5 Å². The van der Waals surface area contributed by atoms with Gasteiger partial charge in [0, 0.05) is 24.5 Å². The van der Waals surface area contributed by atoms with Crippen LogP contribution >= 0.6 is 11.6 Å². The SMILES string of the molecule is O=C(NCc1ccc2c(c1)OCO2)[C@H](Cc1ccccc1)N(Cc1ccc(F)cc1)C(=O)Cc1ccc(Cl)cc1. The number of carbonyl (C=O) groups is 2. The minimum atomic E-state index is -0.818. The zero-order chi connectivity index (χ0) is 27.9. The van der Waals surface area contributed by atoms with E-state index in [2.05, 4.69) is 5.32 Å². The number of benzene rings is 4. The number of hydrogen-bond donors (Lipinski definition) is 1. The molecule has 4 aromatic carbocycles. The van der Waals surface area contributed by atoms with E-state index in [-0.39, 0.29) is 43.9 Å². The molecule has 0 bridgehead atoms. The first kappa shape index (κ1) is 27.2. The van der Waals surface area contributed by atoms with E-state index in [4.69, 9.17) is 21.1 Å². The van der Waals surface area contributed by atoms with Crippen LogP contribution in [0, 0.1) is 5.82 Å². The van der Waals surface area contributed by atoms with Gasteiger partial charge in [-0.1, -0.05) is 72.3 Å². The fourth-order valence-electron chi connectivity index (χ4n) is 4.58. The summed E-state index contributed by atoms with van der Waals surface area (Å²) in [6.45, 7) is 0.552. The predicted octanol–water partition coefficient (Wildman–Crippen LogP) is 5.71. The van der Waals surface area contributed by atoms with E-state index in [1.807, 2.05) is 48.5 Å². The molecular formula is C32H28ClFN2O4. The zero-order valence-corrected chi connectivity index (χ0v) is 22.4. The van der Waals surface area contributed by atoms with Gasteiger partial charge >= 0.3 is 0 Å². The molecule has 204 valence electrons. The van der Waals surface area contributed by atoms with Crippen LogP contribution in [-0.2, 0) is 35.5 Å². The Balaban J connectivity index is 1.42. The summed E-state index contributed by atoms with van der Waals surface area (Å²) in [5, 5.41) is 3.58. The molecule has 40 heavy (non-hydrogen) atoms. The Morgan fingerprint density at radius 3 is 2.25 bits per heavy atom. The number of rotatable bonds is 10. The highest BCUT2D eigenvalue weighted by molar-refractivity contribution is 6.30. The second-order valence-electron chi connectivity index (χ2n) is 9.56. The Hall–Kier alpha value is -4.36. The highest BCUT2D eigenvalue weighted by Crippen LogP contribution is 2.32. The fourth-order valence-corrected chi connectivity index (χ4v) is 4.70. The number of carbonyl (C=O) groups excluding carboxylic acids is 2. The number of ether oxygens (including phenoxy) is 2. The minimum Gasteiger partial charge on any atom is -0.454 e. The van der Waals surface area contributed by atoms with E-state index >= 15 is 0 Å². The first-order chi connectivity index (χ1) is 19.4. The molecule has 4 aromatic rings. The Bertz CT molecular complexity index is 1460. The normalized spacial score (nSPS) is 12.6. The highest BCUT2D eigenvalue weighted by atomic mass is 35.5. The third-order valence-electron chi connectivity index (χ3n) is 6.71. The number of amides is 2. The van der Waals surface area contributed by atoms with Crippen molar-refractivity contribution in [1.82, 2.24) is 10.2 Å². The van der Waals surface area contributed by atoms with Gasteiger partial charge in [0.1, 0.15) is 11.9 Å². The number of nitrogens with one attached hydrogen (secondary N) is 1. The van der Waals surface area contributed by atoms with E-state index in [1.54, 1.807) is 41.3 Å². The van der Waals surface area contributed by atoms with Crippen molar-refractivity contribution >= 4 is 23.4 Å². The molecule has 1 aliphatic heterocycles. The Morgan fingerprint density at radius 1 is 0.825 bits per heavy atom. The summed E-state index contributed by atoms with van der Waals surface area (Å²) < 4.78 is 24.5. The quantitative estimate of drug-likeness (QED) is 0.271. The molecule has 0 saturated carbocycles. The number of hydrogen-bond acceptors (Lipinski definition) is 4. The number of fused-ring (bicyclic) bond motifs is 1. The van der Waals surface area contributed by atoms with Crippen LogP contribution in [0.2, 0.25) is 5.02 Å². The lowest BCUT2D eigenvalue weighted by atomic mass is 10.0. The largest absolute Gasteiger partial charge is 0.454 e. The number of halogens is 2. The molecule has 1 aliphatic rings. The molecule has 1 N–H and O–H groups in total. The van der Waals surface area contributed by atoms with Gasteiger partial charge in [0.25, 0.3) is 0 Å². The first-order valence-electron chi connectivity index (χ1n) is 12.9. The van der Waals surface area contributed by atoms with E-state index in [0.29, 0.717) is 28.5 Å². The Morgan fingerprint density at radius 2 is 1.50 bits per heavy atom. The van der Waals surface area contributed by atoms with Crippen LogP contribution in [-0.4, -0.2) is 29.5 Å². The van der Waals surface area contributed by atoms with E-state index in [1.165, 1.54) is 12.1 Å². The maximum Gasteiger partial charge on any atom is 0.243 e. The molecule has 0 aliphatic carbocycles. The smallest absolute Gasteiger partial charge is 0.243 e. The molecule has 5 rings (SSSR count). The summed E-state index contributed by atoms with van der Waals surface area (Å²) in [7, 11) is 0. The van der Waals surface area contributed by atoms with E-state index < -0.39 is 6.04 Å². The first-order valence-corrected chi connectivity index (χ1v) is 13.3. The molecule has 0 aromatic heterocycles. The third kappa shape index (κ3) is 6.98. The zero-order valence-electron chi connectivity index (χ0n) is 21.7. The molecular weight excluding hydrogens is 531 g/mol. The molecule has 1 atom stereocenters. The molecule has 8 heteroatoms. The predicted molar refractivity (Wildman–Crippen MR) is 150 cm³/mol. The Labute approximate surface area is 237 Å². The van der Waals surface area contributed by atoms with Crippen LogP contribution in [0.5, 0.6) is 11.5 Å². The summed E-state index contributed by atoms with van der Waals surface area (Å²) in [6, 6.07) is 27.2. The summed E-state index contributed by atoms with van der Waals surface area (Å²) in [5.41, 5.74) is 3.24. The van der Waals surface area contributed by atoms with E-state index in [9.17, 15) is 14.0 Å². The summed E-state index contributed by atoms with van der Waals surface area (Å²) in [4.78, 5) is 29.2. The molecule has 0 saturated heterocycles. The monoisotopic (exact) mass is 558 g/mol. The van der Waals surface area contributed by atoms with Gasteiger partial charge in [-0.15, -0.1) is 0 Å². The third-order valence-corrected chi connectivity index (χ3v) is 6.96. The minimum absolute atomic E-state index is 0.0824. The van der Waals surface area contributed by atoms with Gasteiger partial charge in [-0.3, -0.25) is 9.59 Å². The van der Waals surface area contributed by atoms with Crippen molar-refractivity contribution in [1.29, 1.82) is 0 Å². The van der Waals surface area contributed by atoms with Gasteiger partial charge in [-0.2, -0.15) is 0 Å². The Kier molecular flexibility index (Phi) is 8.62. The lowest BCUT2D eigenvalue weighted by Crippen LogP contribution is -2.50. The van der Waals surface area contributed by atoms with Gasteiger partial charge in [0.15, 0.2) is 11.5 Å². The maximum absolute atomic E-state index is 13.8. The lowest BCUT2D eigenvalue weighted by molar-refractivity contribution is -0.140. The second kappa shape index (κ2) is 12.7. The van der Waals surface area contributed by atoms with Gasteiger partial charge in [0.05, 0.1) is 6.42 Å². The van der Waals surface area contributed by atoms with Gasteiger partial charge in [-0.25, -0.2) is 4.39 Å². The molecule has 1 heterocycles. The summed E-state index contributed by atoms with van der Waals surface area (Å²) in [6.07, 6.45) is 0.389. The van der Waals surface area contributed by atoms with Crippen LogP contribution in [0.15, 0.2) is 97.1 Å². The van der Waals surface area contributed by atoms with Crippen LogP contribution in [0.1, 0.15) is 22.3 Å². The molecule has 0 spiro atoms. The molecule has 6 nitrogen and oxygen atoms in total. The van der Waals surface area contributed by atoms with Crippen molar-refractivity contribution in [2.45, 2.75) is 32.0 Å². The average molecular weight is 559 g/mol. The molecule has 2 amide bonds. The van der Waals surface area contributed by atoms with Gasteiger partial charge < -0.3 is 19.7 Å². The standard InChI is InChI=1S/C32H28ClFN2O4/c33-26-11-6-23(7-12-26)18-31(37)36(20-24-8-13-27(34)14-9-24)28(16-22-4-2-1-3-5-22)32(38)35-19-25-10-15-29-30(17-25)40-21-39-29/h1-15,17,28H,16,18-21H2,(H,35,38)/t28-/m0/s1. The molecule has 0 fully saturated rings. The average Bonchev–Trinajstić information content (AvgIpc) is 3.44.